The fourth-order valence-corrected chi connectivity index (χ4v) is 2.62. The summed E-state index contributed by atoms with van der Waals surface area (Å²) in [7, 11) is 1.82. The first-order valence-electron chi connectivity index (χ1n) is 3.65. The Morgan fingerprint density at radius 2 is 2.50 bits per heavy atom. The van der Waals surface area contributed by atoms with Gasteiger partial charge in [0.2, 0.25) is 0 Å². The Hall–Kier alpha value is -0.580. The maximum absolute atomic E-state index is 4.15. The Labute approximate surface area is 83.1 Å². The quantitative estimate of drug-likeness (QED) is 0.533. The first-order valence-corrected chi connectivity index (χ1v) is 5.97. The molecule has 0 fully saturated rings. The van der Waals surface area contributed by atoms with Gasteiger partial charge in [-0.05, 0) is 0 Å². The monoisotopic (exact) mass is 275 g/mol. The normalized spacial score (nSPS) is 12.0. The molecule has 66 valence electrons. The van der Waals surface area contributed by atoms with Gasteiger partial charge in [-0.25, -0.2) is 0 Å². The predicted octanol–water partition coefficient (Wildman–Crippen LogP) is -1.14. The number of H-pyrrole nitrogens is 1. The molecule has 0 aliphatic carbocycles. The molecule has 3 heteroatoms. The molecule has 0 aliphatic heterocycles. The van der Waals surface area contributed by atoms with Gasteiger partial charge in [0.25, 0.3) is 0 Å². The Kier molecular flexibility index (Phi) is 3.52. The molecule has 0 aliphatic rings. The van der Waals surface area contributed by atoms with Gasteiger partial charge in [0.05, 0.1) is 0 Å². The Balaban J connectivity index is 2.98. The summed E-state index contributed by atoms with van der Waals surface area (Å²) < 4.78 is 3.30. The van der Waals surface area contributed by atoms with Gasteiger partial charge < -0.3 is 0 Å². The van der Waals surface area contributed by atoms with Crippen molar-refractivity contribution in [2.75, 3.05) is 7.05 Å². The number of nitrogens with zero attached hydrogens (tertiary/aromatic N) is 1. The molecular formula is C9H12IN2-. The summed E-state index contributed by atoms with van der Waals surface area (Å²) in [6, 6.07) is 2.07. The van der Waals surface area contributed by atoms with Crippen molar-refractivity contribution in [3.05, 3.63) is 32.2 Å². The summed E-state index contributed by atoms with van der Waals surface area (Å²) in [6.07, 6.45) is 1.96. The molecule has 1 rings (SSSR count). The van der Waals surface area contributed by atoms with Crippen molar-refractivity contribution >= 4 is 5.71 Å². The van der Waals surface area contributed by atoms with Gasteiger partial charge in [0.1, 0.15) is 0 Å². The summed E-state index contributed by atoms with van der Waals surface area (Å²) in [5.41, 5.74) is 2.33. The average Bonchev–Trinajstić information content (AvgIpc) is 2.52. The zero-order chi connectivity index (χ0) is 8.97. The molecule has 1 aromatic heterocycles. The molecule has 1 N–H and O–H groups in total. The average molecular weight is 275 g/mol. The van der Waals surface area contributed by atoms with Gasteiger partial charge in [-0.1, -0.05) is 0 Å². The van der Waals surface area contributed by atoms with Crippen LogP contribution in [0.2, 0.25) is 0 Å². The molecule has 1 heterocycles. The van der Waals surface area contributed by atoms with Crippen LogP contribution >= 0.6 is 0 Å². The first-order chi connectivity index (χ1) is 5.79. The second-order valence-electron chi connectivity index (χ2n) is 2.28. The topological polar surface area (TPSA) is 28.1 Å². The molecule has 1 aromatic rings. The van der Waals surface area contributed by atoms with E-state index in [-0.39, 0.29) is 21.2 Å². The standard InChI is InChI=1S/C9H12IN2/c1-4-10-9-8(5-6-12-9)7(2)11-3/h4-6,12H,1H2,2-3H3/q-1. The summed E-state index contributed by atoms with van der Waals surface area (Å²) in [5.74, 6) is 0. The van der Waals surface area contributed by atoms with E-state index < -0.39 is 0 Å². The Morgan fingerprint density at radius 1 is 1.75 bits per heavy atom. The van der Waals surface area contributed by atoms with Crippen LogP contribution in [0.4, 0.5) is 0 Å². The van der Waals surface area contributed by atoms with Crippen molar-refractivity contribution in [1.82, 2.24) is 4.98 Å². The minimum absolute atomic E-state index is 0.0664. The second kappa shape index (κ2) is 4.45. The molecule has 0 unspecified atom stereocenters. The van der Waals surface area contributed by atoms with Crippen LogP contribution in [0.15, 0.2) is 27.9 Å². The van der Waals surface area contributed by atoms with Crippen molar-refractivity contribution in [3.63, 3.8) is 0 Å². The van der Waals surface area contributed by atoms with Crippen molar-refractivity contribution < 1.29 is 21.2 Å². The third-order valence-corrected chi connectivity index (χ3v) is 3.56. The van der Waals surface area contributed by atoms with Gasteiger partial charge in [-0.15, -0.1) is 0 Å². The summed E-state index contributed by atoms with van der Waals surface area (Å²) in [5, 5.41) is 0. The maximum atomic E-state index is 4.15. The Bertz CT molecular complexity index is 299. The molecule has 0 atom stereocenters. The molecule has 0 amide bonds. The molecule has 0 radical (unpaired) electrons. The minimum atomic E-state index is -0.0664. The van der Waals surface area contributed by atoms with E-state index in [0.29, 0.717) is 0 Å². The van der Waals surface area contributed by atoms with E-state index in [2.05, 4.69) is 22.6 Å². The number of hydrogen-bond donors (Lipinski definition) is 1. The number of rotatable bonds is 3. The third kappa shape index (κ3) is 1.97. The predicted molar refractivity (Wildman–Crippen MR) is 47.8 cm³/mol. The number of hydrogen-bond acceptors (Lipinski definition) is 1. The third-order valence-electron chi connectivity index (χ3n) is 1.61. The number of aromatic amines is 1. The Morgan fingerprint density at radius 3 is 3.08 bits per heavy atom. The molecule has 2 nitrogen and oxygen atoms in total. The van der Waals surface area contributed by atoms with Gasteiger partial charge >= 0.3 is 83.1 Å². The van der Waals surface area contributed by atoms with Crippen LogP contribution in [0.3, 0.4) is 0 Å². The SMILES string of the molecule is C=C[I-]c1[nH]ccc1C(C)=NC. The van der Waals surface area contributed by atoms with Crippen LogP contribution in [0.5, 0.6) is 0 Å². The van der Waals surface area contributed by atoms with Gasteiger partial charge in [0.15, 0.2) is 0 Å². The van der Waals surface area contributed by atoms with Gasteiger partial charge in [0, 0.05) is 0 Å². The van der Waals surface area contributed by atoms with Gasteiger partial charge in [-0.3, -0.25) is 0 Å². The van der Waals surface area contributed by atoms with E-state index in [9.17, 15) is 0 Å². The summed E-state index contributed by atoms with van der Waals surface area (Å²) in [6.45, 7) is 5.78. The molecule has 0 saturated heterocycles. The van der Waals surface area contributed by atoms with E-state index in [1.54, 1.807) is 0 Å². The molecule has 0 bridgehead atoms. The van der Waals surface area contributed by atoms with Crippen molar-refractivity contribution in [1.29, 1.82) is 0 Å². The summed E-state index contributed by atoms with van der Waals surface area (Å²) >= 11 is -0.0664. The van der Waals surface area contributed by atoms with Crippen molar-refractivity contribution in [2.24, 2.45) is 4.99 Å². The van der Waals surface area contributed by atoms with E-state index in [0.717, 1.165) is 5.71 Å². The number of nitrogens with one attached hydrogen (secondary N) is 1. The second-order valence-corrected chi connectivity index (χ2v) is 4.86. The van der Waals surface area contributed by atoms with E-state index in [1.165, 1.54) is 9.26 Å². The van der Waals surface area contributed by atoms with Crippen LogP contribution in [-0.4, -0.2) is 17.7 Å². The molecular weight excluding hydrogens is 263 g/mol. The molecule has 0 saturated carbocycles. The zero-order valence-electron chi connectivity index (χ0n) is 7.26. The molecule has 0 aromatic carbocycles. The van der Waals surface area contributed by atoms with Crippen molar-refractivity contribution in [3.8, 4) is 0 Å². The summed E-state index contributed by atoms with van der Waals surface area (Å²) in [4.78, 5) is 7.37. The van der Waals surface area contributed by atoms with Crippen molar-refractivity contribution in [2.45, 2.75) is 6.92 Å². The van der Waals surface area contributed by atoms with Gasteiger partial charge in [-0.2, -0.15) is 0 Å². The zero-order valence-corrected chi connectivity index (χ0v) is 9.42. The molecule has 0 spiro atoms. The fourth-order valence-electron chi connectivity index (χ4n) is 0.916. The fraction of sp³-hybridized carbons (Fsp3) is 0.222. The van der Waals surface area contributed by atoms with Crippen LogP contribution in [0, 0.1) is 3.70 Å². The number of aromatic nitrogens is 1. The number of aliphatic imine (C=N–C) groups is 1. The van der Waals surface area contributed by atoms with E-state index >= 15 is 0 Å². The van der Waals surface area contributed by atoms with Crippen LogP contribution in [0.1, 0.15) is 12.5 Å². The first kappa shape index (κ1) is 9.51. The van der Waals surface area contributed by atoms with Crippen LogP contribution < -0.4 is 21.2 Å². The van der Waals surface area contributed by atoms with Crippen LogP contribution in [0.25, 0.3) is 0 Å². The van der Waals surface area contributed by atoms with E-state index in [1.807, 2.05) is 24.3 Å². The number of halogens is 1. The van der Waals surface area contributed by atoms with E-state index in [4.69, 9.17) is 0 Å². The van der Waals surface area contributed by atoms with Crippen LogP contribution in [-0.2, 0) is 0 Å². The molecule has 12 heavy (non-hydrogen) atoms.